The summed E-state index contributed by atoms with van der Waals surface area (Å²) in [7, 11) is 0. The molecule has 6 nitrogen and oxygen atoms in total. The van der Waals surface area contributed by atoms with E-state index in [4.69, 9.17) is 5.11 Å². The predicted octanol–water partition coefficient (Wildman–Crippen LogP) is 2.03. The largest absolute Gasteiger partial charge is 0.481 e. The molecule has 7 heteroatoms. The second-order valence-corrected chi connectivity index (χ2v) is 5.06. The zero-order chi connectivity index (χ0) is 14.7. The Balaban J connectivity index is 2.00. The molecule has 20 heavy (non-hydrogen) atoms. The van der Waals surface area contributed by atoms with Gasteiger partial charge in [0, 0.05) is 25.6 Å². The van der Waals surface area contributed by atoms with Crippen LogP contribution in [0.4, 0.5) is 10.1 Å². The van der Waals surface area contributed by atoms with Crippen molar-refractivity contribution in [3.63, 3.8) is 0 Å². The maximum Gasteiger partial charge on any atom is 0.303 e. The van der Waals surface area contributed by atoms with Crippen molar-refractivity contribution < 1.29 is 19.2 Å². The van der Waals surface area contributed by atoms with E-state index in [1.807, 2.05) is 4.90 Å². The van der Waals surface area contributed by atoms with Crippen LogP contribution < -0.4 is 0 Å². The fraction of sp³-hybridized carbons (Fsp3) is 0.462. The first-order valence-corrected chi connectivity index (χ1v) is 6.32. The van der Waals surface area contributed by atoms with Crippen LogP contribution in [0.5, 0.6) is 0 Å². The first-order chi connectivity index (χ1) is 9.44. The Hall–Kier alpha value is -2.02. The molecule has 1 N–H and O–H groups in total. The number of carboxylic acids is 1. The van der Waals surface area contributed by atoms with Gasteiger partial charge >= 0.3 is 5.97 Å². The van der Waals surface area contributed by atoms with Crippen molar-refractivity contribution in [3.05, 3.63) is 39.7 Å². The highest BCUT2D eigenvalue weighted by atomic mass is 19.1. The van der Waals surface area contributed by atoms with Gasteiger partial charge in [0.1, 0.15) is 5.82 Å². The maximum atomic E-state index is 13.3. The minimum Gasteiger partial charge on any atom is -0.481 e. The summed E-state index contributed by atoms with van der Waals surface area (Å²) in [5.41, 5.74) is 0.272. The molecule has 0 aliphatic carbocycles. The quantitative estimate of drug-likeness (QED) is 0.660. The summed E-state index contributed by atoms with van der Waals surface area (Å²) < 4.78 is 13.3. The summed E-state index contributed by atoms with van der Waals surface area (Å²) in [4.78, 5) is 22.7. The van der Waals surface area contributed by atoms with E-state index in [9.17, 15) is 19.3 Å². The molecule has 0 aromatic heterocycles. The molecule has 1 atom stereocenters. The fourth-order valence-corrected chi connectivity index (χ4v) is 2.56. The van der Waals surface area contributed by atoms with Crippen LogP contribution in [0.3, 0.4) is 0 Å². The molecule has 0 saturated carbocycles. The molecule has 1 aromatic carbocycles. The van der Waals surface area contributed by atoms with E-state index in [2.05, 4.69) is 0 Å². The highest BCUT2D eigenvalue weighted by Crippen LogP contribution is 2.23. The number of rotatable bonds is 5. The summed E-state index contributed by atoms with van der Waals surface area (Å²) in [6.07, 6.45) is 0.906. The Kier molecular flexibility index (Phi) is 4.29. The van der Waals surface area contributed by atoms with Crippen LogP contribution in [0.25, 0.3) is 0 Å². The molecule has 1 heterocycles. The lowest BCUT2D eigenvalue weighted by Gasteiger charge is -2.15. The summed E-state index contributed by atoms with van der Waals surface area (Å²) in [5, 5.41) is 19.4. The van der Waals surface area contributed by atoms with E-state index in [-0.39, 0.29) is 18.0 Å². The van der Waals surface area contributed by atoms with Crippen LogP contribution >= 0.6 is 0 Å². The standard InChI is InChI=1S/C13H15FN2O4/c14-11-3-10(4-12(6-11)16(19)20)8-15-2-1-9(7-15)5-13(17)18/h3-4,6,9H,1-2,5,7-8H2,(H,17,18). The minimum atomic E-state index is -0.821. The minimum absolute atomic E-state index is 0.0936. The Labute approximate surface area is 115 Å². The number of halogens is 1. The van der Waals surface area contributed by atoms with Gasteiger partial charge in [0.15, 0.2) is 0 Å². The van der Waals surface area contributed by atoms with Crippen molar-refractivity contribution in [2.45, 2.75) is 19.4 Å². The van der Waals surface area contributed by atoms with E-state index in [0.29, 0.717) is 18.7 Å². The van der Waals surface area contributed by atoms with Gasteiger partial charge < -0.3 is 5.11 Å². The lowest BCUT2D eigenvalue weighted by molar-refractivity contribution is -0.385. The van der Waals surface area contributed by atoms with Crippen molar-refractivity contribution >= 4 is 11.7 Å². The van der Waals surface area contributed by atoms with E-state index < -0.39 is 16.7 Å². The summed E-state index contributed by atoms with van der Waals surface area (Å²) >= 11 is 0. The van der Waals surface area contributed by atoms with E-state index >= 15 is 0 Å². The zero-order valence-electron chi connectivity index (χ0n) is 10.8. The van der Waals surface area contributed by atoms with Gasteiger partial charge in [-0.2, -0.15) is 0 Å². The van der Waals surface area contributed by atoms with Gasteiger partial charge in [-0.15, -0.1) is 0 Å². The number of hydrogen-bond donors (Lipinski definition) is 1. The number of aliphatic carboxylic acids is 1. The van der Waals surface area contributed by atoms with Gasteiger partial charge in [-0.1, -0.05) is 0 Å². The number of likely N-dealkylation sites (tertiary alicyclic amines) is 1. The van der Waals surface area contributed by atoms with E-state index in [0.717, 1.165) is 19.0 Å². The summed E-state index contributed by atoms with van der Waals surface area (Å²) in [6, 6.07) is 3.52. The molecule has 1 saturated heterocycles. The molecular formula is C13H15FN2O4. The van der Waals surface area contributed by atoms with Crippen molar-refractivity contribution in [1.29, 1.82) is 0 Å². The number of nitro groups is 1. The fourth-order valence-electron chi connectivity index (χ4n) is 2.56. The number of nitrogens with zero attached hydrogens (tertiary/aromatic N) is 2. The maximum absolute atomic E-state index is 13.3. The number of benzene rings is 1. The SMILES string of the molecule is O=C(O)CC1CCN(Cc2cc(F)cc([N+](=O)[O-])c2)C1. The third-order valence-electron chi connectivity index (χ3n) is 3.39. The molecule has 0 amide bonds. The predicted molar refractivity (Wildman–Crippen MR) is 68.7 cm³/mol. The molecular weight excluding hydrogens is 267 g/mol. The van der Waals surface area contributed by atoms with Crippen LogP contribution in [-0.2, 0) is 11.3 Å². The van der Waals surface area contributed by atoms with Gasteiger partial charge in [0.25, 0.3) is 5.69 Å². The molecule has 2 rings (SSSR count). The van der Waals surface area contributed by atoms with Crippen LogP contribution in [0.15, 0.2) is 18.2 Å². The third kappa shape index (κ3) is 3.74. The van der Waals surface area contributed by atoms with Gasteiger partial charge in [-0.05, 0) is 30.5 Å². The molecule has 1 unspecified atom stereocenters. The van der Waals surface area contributed by atoms with Gasteiger partial charge in [0.05, 0.1) is 11.0 Å². The highest BCUT2D eigenvalue weighted by Gasteiger charge is 2.24. The molecule has 0 spiro atoms. The van der Waals surface area contributed by atoms with Crippen molar-refractivity contribution in [3.8, 4) is 0 Å². The third-order valence-corrected chi connectivity index (χ3v) is 3.39. The van der Waals surface area contributed by atoms with E-state index in [1.54, 1.807) is 0 Å². The van der Waals surface area contributed by atoms with Gasteiger partial charge in [-0.25, -0.2) is 4.39 Å². The average Bonchev–Trinajstić information content (AvgIpc) is 2.74. The number of non-ortho nitro benzene ring substituents is 1. The zero-order valence-corrected chi connectivity index (χ0v) is 10.8. The van der Waals surface area contributed by atoms with Gasteiger partial charge in [-0.3, -0.25) is 19.8 Å². The number of nitro benzene ring substituents is 1. The monoisotopic (exact) mass is 282 g/mol. The molecule has 0 bridgehead atoms. The molecule has 108 valence electrons. The Bertz CT molecular complexity index is 535. The Morgan fingerprint density at radius 1 is 1.50 bits per heavy atom. The molecule has 1 aliphatic rings. The molecule has 1 fully saturated rings. The smallest absolute Gasteiger partial charge is 0.303 e. The lowest BCUT2D eigenvalue weighted by atomic mass is 10.1. The van der Waals surface area contributed by atoms with Crippen LogP contribution in [-0.4, -0.2) is 34.0 Å². The molecule has 1 aromatic rings. The first kappa shape index (κ1) is 14.4. The van der Waals surface area contributed by atoms with Crippen molar-refractivity contribution in [1.82, 2.24) is 4.90 Å². The average molecular weight is 282 g/mol. The highest BCUT2D eigenvalue weighted by molar-refractivity contribution is 5.67. The number of carbonyl (C=O) groups is 1. The first-order valence-electron chi connectivity index (χ1n) is 6.32. The second-order valence-electron chi connectivity index (χ2n) is 5.06. The summed E-state index contributed by atoms with van der Waals surface area (Å²) in [6.45, 7) is 1.74. The Morgan fingerprint density at radius 2 is 2.25 bits per heavy atom. The molecule has 1 aliphatic heterocycles. The van der Waals surface area contributed by atoms with Gasteiger partial charge in [0.2, 0.25) is 0 Å². The Morgan fingerprint density at radius 3 is 2.90 bits per heavy atom. The second kappa shape index (κ2) is 5.96. The van der Waals surface area contributed by atoms with Crippen molar-refractivity contribution in [2.24, 2.45) is 5.92 Å². The normalized spacial score (nSPS) is 19.1. The van der Waals surface area contributed by atoms with E-state index in [1.165, 1.54) is 12.1 Å². The lowest BCUT2D eigenvalue weighted by Crippen LogP contribution is -2.21. The van der Waals surface area contributed by atoms with Crippen LogP contribution in [0, 0.1) is 21.8 Å². The van der Waals surface area contributed by atoms with Crippen molar-refractivity contribution in [2.75, 3.05) is 13.1 Å². The molecule has 0 radical (unpaired) electrons. The topological polar surface area (TPSA) is 83.7 Å². The summed E-state index contributed by atoms with van der Waals surface area (Å²) in [5.74, 6) is -1.36. The van der Waals surface area contributed by atoms with Crippen LogP contribution in [0.1, 0.15) is 18.4 Å². The number of hydrogen-bond acceptors (Lipinski definition) is 4. The van der Waals surface area contributed by atoms with Crippen LogP contribution in [0.2, 0.25) is 0 Å². The number of carboxylic acid groups (broad SMARTS) is 1.